The number of hydrogen-bond acceptors (Lipinski definition) is 4. The fourth-order valence-electron chi connectivity index (χ4n) is 1.50. The van der Waals surface area contributed by atoms with Crippen molar-refractivity contribution in [2.24, 2.45) is 0 Å². The molecule has 0 radical (unpaired) electrons. The highest BCUT2D eigenvalue weighted by atomic mass is 19.4. The van der Waals surface area contributed by atoms with E-state index in [0.717, 1.165) is 13.0 Å². The van der Waals surface area contributed by atoms with E-state index >= 15 is 0 Å². The van der Waals surface area contributed by atoms with Crippen molar-refractivity contribution in [3.8, 4) is 0 Å². The second-order valence-corrected chi connectivity index (χ2v) is 5.64. The van der Waals surface area contributed by atoms with Gasteiger partial charge < -0.3 is 10.1 Å². The predicted octanol–water partition coefficient (Wildman–Crippen LogP) is 3.33. The van der Waals surface area contributed by atoms with Crippen LogP contribution in [0.25, 0.3) is 0 Å². The van der Waals surface area contributed by atoms with E-state index in [9.17, 15) is 22.8 Å². The van der Waals surface area contributed by atoms with Gasteiger partial charge in [0.25, 0.3) is 0 Å². The van der Waals surface area contributed by atoms with Crippen LogP contribution < -0.4 is 5.32 Å². The Labute approximate surface area is 125 Å². The van der Waals surface area contributed by atoms with Crippen molar-refractivity contribution < 1.29 is 27.5 Å². The quantitative estimate of drug-likeness (QED) is 0.868. The summed E-state index contributed by atoms with van der Waals surface area (Å²) in [6, 6.07) is 1.46. The van der Waals surface area contributed by atoms with Crippen molar-refractivity contribution in [2.75, 3.05) is 0 Å². The number of halogens is 3. The SMILES string of the molecule is CC(=O)c1cc(C(F)(F)F)cc(CNC(=O)OC(C)(C)C)n1. The zero-order valence-corrected chi connectivity index (χ0v) is 12.7. The maximum absolute atomic E-state index is 12.8. The summed E-state index contributed by atoms with van der Waals surface area (Å²) in [7, 11) is 0. The molecule has 0 bridgehead atoms. The number of rotatable bonds is 3. The van der Waals surface area contributed by atoms with Crippen molar-refractivity contribution >= 4 is 11.9 Å². The number of amides is 1. The van der Waals surface area contributed by atoms with Crippen molar-refractivity contribution in [3.05, 3.63) is 29.1 Å². The lowest BCUT2D eigenvalue weighted by atomic mass is 10.1. The van der Waals surface area contributed by atoms with Gasteiger partial charge in [-0.1, -0.05) is 0 Å². The lowest BCUT2D eigenvalue weighted by molar-refractivity contribution is -0.137. The topological polar surface area (TPSA) is 68.3 Å². The fourth-order valence-corrected chi connectivity index (χ4v) is 1.50. The Morgan fingerprint density at radius 2 is 1.82 bits per heavy atom. The molecule has 0 aromatic carbocycles. The number of carbonyl (C=O) groups is 2. The normalized spacial score (nSPS) is 12.0. The van der Waals surface area contributed by atoms with Gasteiger partial charge in [0.05, 0.1) is 17.8 Å². The molecule has 8 heteroatoms. The van der Waals surface area contributed by atoms with E-state index in [-0.39, 0.29) is 17.9 Å². The first-order chi connectivity index (χ1) is 9.88. The number of Topliss-reactive ketones (excluding diaryl/α,β-unsaturated/α-hetero) is 1. The molecule has 1 amide bonds. The fraction of sp³-hybridized carbons (Fsp3) is 0.500. The average molecular weight is 318 g/mol. The number of ether oxygens (including phenoxy) is 1. The Hall–Kier alpha value is -2.12. The van der Waals surface area contributed by atoms with E-state index < -0.39 is 29.2 Å². The Morgan fingerprint density at radius 3 is 2.27 bits per heavy atom. The molecule has 22 heavy (non-hydrogen) atoms. The summed E-state index contributed by atoms with van der Waals surface area (Å²) < 4.78 is 43.3. The van der Waals surface area contributed by atoms with Crippen LogP contribution in [-0.4, -0.2) is 22.5 Å². The third-order valence-electron chi connectivity index (χ3n) is 2.38. The van der Waals surface area contributed by atoms with Gasteiger partial charge in [-0.3, -0.25) is 4.79 Å². The van der Waals surface area contributed by atoms with Crippen LogP contribution in [0, 0.1) is 0 Å². The van der Waals surface area contributed by atoms with Gasteiger partial charge in [-0.2, -0.15) is 13.2 Å². The zero-order valence-electron chi connectivity index (χ0n) is 12.7. The summed E-state index contributed by atoms with van der Waals surface area (Å²) in [5.74, 6) is -0.593. The van der Waals surface area contributed by atoms with Crippen LogP contribution in [0.4, 0.5) is 18.0 Å². The minimum absolute atomic E-state index is 0.0779. The molecule has 0 unspecified atom stereocenters. The molecule has 122 valence electrons. The van der Waals surface area contributed by atoms with E-state index in [2.05, 4.69) is 10.3 Å². The number of alkyl halides is 3. The van der Waals surface area contributed by atoms with Crippen LogP contribution in [0.3, 0.4) is 0 Å². The standard InChI is InChI=1S/C14H17F3N2O3/c1-8(20)11-6-9(14(15,16)17)5-10(19-11)7-18-12(21)22-13(2,3)4/h5-6H,7H2,1-4H3,(H,18,21). The highest BCUT2D eigenvalue weighted by Gasteiger charge is 2.32. The summed E-state index contributed by atoms with van der Waals surface area (Å²) >= 11 is 0. The van der Waals surface area contributed by atoms with E-state index in [0.29, 0.717) is 6.07 Å². The summed E-state index contributed by atoms with van der Waals surface area (Å²) in [4.78, 5) is 26.5. The molecule has 1 aromatic heterocycles. The minimum Gasteiger partial charge on any atom is -0.444 e. The van der Waals surface area contributed by atoms with Gasteiger partial charge in [-0.05, 0) is 32.9 Å². The van der Waals surface area contributed by atoms with Crippen LogP contribution in [-0.2, 0) is 17.5 Å². The maximum atomic E-state index is 12.8. The summed E-state index contributed by atoms with van der Waals surface area (Å²) in [6.07, 6.45) is -5.38. The molecule has 0 aliphatic rings. The van der Waals surface area contributed by atoms with Gasteiger partial charge in [-0.25, -0.2) is 9.78 Å². The Morgan fingerprint density at radius 1 is 1.23 bits per heavy atom. The van der Waals surface area contributed by atoms with Crippen molar-refractivity contribution in [3.63, 3.8) is 0 Å². The molecule has 0 fully saturated rings. The molecule has 1 rings (SSSR count). The first-order valence-corrected chi connectivity index (χ1v) is 6.44. The third kappa shape index (κ3) is 5.71. The van der Waals surface area contributed by atoms with Crippen molar-refractivity contribution in [1.29, 1.82) is 0 Å². The van der Waals surface area contributed by atoms with Gasteiger partial charge >= 0.3 is 12.3 Å². The molecule has 0 spiro atoms. The van der Waals surface area contributed by atoms with Gasteiger partial charge in [0.2, 0.25) is 0 Å². The molecule has 0 aliphatic heterocycles. The molecule has 0 saturated carbocycles. The van der Waals surface area contributed by atoms with Crippen LogP contribution in [0.1, 0.15) is 49.4 Å². The van der Waals surface area contributed by atoms with Gasteiger partial charge in [0.1, 0.15) is 11.3 Å². The highest BCUT2D eigenvalue weighted by molar-refractivity contribution is 5.92. The number of aromatic nitrogens is 1. The number of nitrogens with zero attached hydrogens (tertiary/aromatic N) is 1. The van der Waals surface area contributed by atoms with E-state index in [1.807, 2.05) is 0 Å². The highest BCUT2D eigenvalue weighted by Crippen LogP contribution is 2.30. The molecule has 1 heterocycles. The maximum Gasteiger partial charge on any atom is 0.416 e. The Bertz CT molecular complexity index is 578. The Kier molecular flexibility index (Phi) is 5.16. The number of nitrogens with one attached hydrogen (secondary N) is 1. The lowest BCUT2D eigenvalue weighted by Gasteiger charge is -2.19. The summed E-state index contributed by atoms with van der Waals surface area (Å²) in [5.41, 5.74) is -2.11. The predicted molar refractivity (Wildman–Crippen MR) is 72.3 cm³/mol. The number of ketones is 1. The molecule has 0 aliphatic carbocycles. The molecule has 0 saturated heterocycles. The molecule has 0 atom stereocenters. The second kappa shape index (κ2) is 6.33. The van der Waals surface area contributed by atoms with E-state index in [1.54, 1.807) is 20.8 Å². The largest absolute Gasteiger partial charge is 0.444 e. The van der Waals surface area contributed by atoms with Crippen LogP contribution in [0.2, 0.25) is 0 Å². The smallest absolute Gasteiger partial charge is 0.416 e. The average Bonchev–Trinajstić information content (AvgIpc) is 2.33. The lowest BCUT2D eigenvalue weighted by Crippen LogP contribution is -2.32. The molecule has 5 nitrogen and oxygen atoms in total. The zero-order chi connectivity index (χ0) is 17.1. The molecule has 1 aromatic rings. The summed E-state index contributed by atoms with van der Waals surface area (Å²) in [5, 5.41) is 2.30. The molecular weight excluding hydrogens is 301 g/mol. The number of carbonyl (C=O) groups excluding carboxylic acids is 2. The van der Waals surface area contributed by atoms with Gasteiger partial charge in [-0.15, -0.1) is 0 Å². The second-order valence-electron chi connectivity index (χ2n) is 5.64. The van der Waals surface area contributed by atoms with Crippen LogP contribution in [0.15, 0.2) is 12.1 Å². The monoisotopic (exact) mass is 318 g/mol. The first-order valence-electron chi connectivity index (χ1n) is 6.44. The summed E-state index contributed by atoms with van der Waals surface area (Å²) in [6.45, 7) is 5.81. The minimum atomic E-state index is -4.60. The number of alkyl carbamates (subject to hydrolysis) is 1. The van der Waals surface area contributed by atoms with Crippen LogP contribution in [0.5, 0.6) is 0 Å². The third-order valence-corrected chi connectivity index (χ3v) is 2.38. The Balaban J connectivity index is 2.93. The van der Waals surface area contributed by atoms with Gasteiger partial charge in [0.15, 0.2) is 5.78 Å². The van der Waals surface area contributed by atoms with E-state index in [1.165, 1.54) is 0 Å². The molecule has 1 N–H and O–H groups in total. The van der Waals surface area contributed by atoms with E-state index in [4.69, 9.17) is 4.74 Å². The van der Waals surface area contributed by atoms with Crippen molar-refractivity contribution in [2.45, 2.75) is 46.0 Å². The molecular formula is C14H17F3N2O3. The van der Waals surface area contributed by atoms with Gasteiger partial charge in [0, 0.05) is 6.92 Å². The van der Waals surface area contributed by atoms with Crippen LogP contribution >= 0.6 is 0 Å². The first kappa shape index (κ1) is 17.9. The number of hydrogen-bond donors (Lipinski definition) is 1. The van der Waals surface area contributed by atoms with Crippen molar-refractivity contribution in [1.82, 2.24) is 10.3 Å². The number of pyridine rings is 1.